The molecule has 0 saturated heterocycles. The van der Waals surface area contributed by atoms with Crippen LogP contribution in [-0.4, -0.2) is 23.3 Å². The first-order valence-electron chi connectivity index (χ1n) is 11.5. The normalized spacial score (nSPS) is 23.8. The van der Waals surface area contributed by atoms with Crippen LogP contribution in [0.2, 0.25) is 0 Å². The first-order valence-corrected chi connectivity index (χ1v) is 11.5. The van der Waals surface area contributed by atoms with Crippen molar-refractivity contribution in [3.63, 3.8) is 0 Å². The fourth-order valence-electron chi connectivity index (χ4n) is 4.77. The van der Waals surface area contributed by atoms with Gasteiger partial charge >= 0.3 is 5.97 Å². The molecule has 1 saturated carbocycles. The lowest BCUT2D eigenvalue weighted by molar-refractivity contribution is -0.162. The fraction of sp³-hybridized carbons (Fsp3) is 0.654. The van der Waals surface area contributed by atoms with Gasteiger partial charge in [0.15, 0.2) is 0 Å². The lowest BCUT2D eigenvalue weighted by atomic mass is 9.75. The van der Waals surface area contributed by atoms with Gasteiger partial charge in [-0.2, -0.15) is 0 Å². The van der Waals surface area contributed by atoms with E-state index in [-0.39, 0.29) is 35.4 Å². The van der Waals surface area contributed by atoms with Crippen molar-refractivity contribution in [1.82, 2.24) is 5.32 Å². The van der Waals surface area contributed by atoms with Gasteiger partial charge in [0, 0.05) is 24.8 Å². The Balaban J connectivity index is 2.29. The summed E-state index contributed by atoms with van der Waals surface area (Å²) in [6.07, 6.45) is 0.768. The van der Waals surface area contributed by atoms with Gasteiger partial charge in [-0.3, -0.25) is 14.4 Å². The Morgan fingerprint density at radius 2 is 1.65 bits per heavy atom. The first kappa shape index (κ1) is 25.1. The molecule has 0 spiro atoms. The molecule has 1 fully saturated rings. The molecule has 2 rings (SSSR count). The van der Waals surface area contributed by atoms with Gasteiger partial charge in [-0.1, -0.05) is 58.0 Å². The molecule has 0 radical (unpaired) electrons. The van der Waals surface area contributed by atoms with Crippen molar-refractivity contribution in [1.29, 1.82) is 0 Å². The van der Waals surface area contributed by atoms with E-state index >= 15 is 0 Å². The van der Waals surface area contributed by atoms with Crippen molar-refractivity contribution in [3.05, 3.63) is 35.9 Å². The number of carbonyl (C=O) groups is 3. The Kier molecular flexibility index (Phi) is 8.44. The molecule has 1 amide bonds. The molecule has 0 bridgehead atoms. The summed E-state index contributed by atoms with van der Waals surface area (Å²) in [5, 5.41) is 3.00. The lowest BCUT2D eigenvalue weighted by Crippen LogP contribution is -2.39. The van der Waals surface area contributed by atoms with Crippen LogP contribution < -0.4 is 5.32 Å². The van der Waals surface area contributed by atoms with Crippen LogP contribution in [0.4, 0.5) is 0 Å². The predicted octanol–water partition coefficient (Wildman–Crippen LogP) is 4.78. The molecule has 5 heteroatoms. The second kappa shape index (κ2) is 10.4. The first-order chi connectivity index (χ1) is 14.4. The highest BCUT2D eigenvalue weighted by molar-refractivity contribution is 5.91. The molecule has 172 valence electrons. The Labute approximate surface area is 187 Å². The standard InChI is InChI=1S/C26H39NO4/c1-16(2)13-21(28)23-19(24(29)27-15-18-11-9-8-10-12-18)14-20(22(23)17(3)4)25(30)31-26(5,6)7/h8-12,16-17,19-20,22-23H,13-15H2,1-7H3,(H,27,29). The Hall–Kier alpha value is -2.17. The van der Waals surface area contributed by atoms with Crippen LogP contribution in [0.25, 0.3) is 0 Å². The number of hydrogen-bond acceptors (Lipinski definition) is 4. The molecule has 4 atom stereocenters. The van der Waals surface area contributed by atoms with Crippen molar-refractivity contribution < 1.29 is 19.1 Å². The van der Waals surface area contributed by atoms with Gasteiger partial charge in [-0.05, 0) is 50.5 Å². The fourth-order valence-corrected chi connectivity index (χ4v) is 4.77. The minimum Gasteiger partial charge on any atom is -0.460 e. The van der Waals surface area contributed by atoms with Crippen molar-refractivity contribution >= 4 is 17.7 Å². The van der Waals surface area contributed by atoms with Gasteiger partial charge in [0.1, 0.15) is 11.4 Å². The predicted molar refractivity (Wildman–Crippen MR) is 122 cm³/mol. The molecular weight excluding hydrogens is 390 g/mol. The number of Topliss-reactive ketones (excluding diaryl/α,β-unsaturated/α-hetero) is 1. The van der Waals surface area contributed by atoms with Crippen LogP contribution in [0.1, 0.15) is 66.9 Å². The molecule has 5 nitrogen and oxygen atoms in total. The number of carbonyl (C=O) groups excluding carboxylic acids is 3. The van der Waals surface area contributed by atoms with Gasteiger partial charge in [-0.15, -0.1) is 0 Å². The van der Waals surface area contributed by atoms with Crippen LogP contribution in [0.3, 0.4) is 0 Å². The third kappa shape index (κ3) is 6.91. The molecule has 1 aromatic rings. The van der Waals surface area contributed by atoms with Crippen LogP contribution in [0, 0.1) is 35.5 Å². The Morgan fingerprint density at radius 1 is 1.03 bits per heavy atom. The second-order valence-electron chi connectivity index (χ2n) is 10.6. The highest BCUT2D eigenvalue weighted by atomic mass is 16.6. The van der Waals surface area contributed by atoms with Crippen LogP contribution in [-0.2, 0) is 25.7 Å². The zero-order valence-corrected chi connectivity index (χ0v) is 20.1. The summed E-state index contributed by atoms with van der Waals surface area (Å²) in [5.41, 5.74) is 0.395. The van der Waals surface area contributed by atoms with Gasteiger partial charge in [0.05, 0.1) is 5.92 Å². The Bertz CT molecular complexity index is 763. The van der Waals surface area contributed by atoms with E-state index in [1.54, 1.807) is 0 Å². The van der Waals surface area contributed by atoms with E-state index in [9.17, 15) is 14.4 Å². The van der Waals surface area contributed by atoms with E-state index in [1.165, 1.54) is 0 Å². The molecule has 1 aliphatic rings. The highest BCUT2D eigenvalue weighted by Crippen LogP contribution is 2.47. The third-order valence-corrected chi connectivity index (χ3v) is 5.93. The summed E-state index contributed by atoms with van der Waals surface area (Å²) < 4.78 is 5.69. The highest BCUT2D eigenvalue weighted by Gasteiger charge is 2.53. The number of esters is 1. The quantitative estimate of drug-likeness (QED) is 0.604. The number of hydrogen-bond donors (Lipinski definition) is 1. The number of amides is 1. The maximum absolute atomic E-state index is 13.3. The molecule has 1 aliphatic carbocycles. The lowest BCUT2D eigenvalue weighted by Gasteiger charge is -2.30. The Morgan fingerprint density at radius 3 is 2.16 bits per heavy atom. The van der Waals surface area contributed by atoms with E-state index in [1.807, 2.05) is 78.8 Å². The molecule has 4 unspecified atom stereocenters. The number of ether oxygens (including phenoxy) is 1. The number of nitrogens with one attached hydrogen (secondary N) is 1. The SMILES string of the molecule is CC(C)CC(=O)C1C(C(=O)NCc2ccccc2)CC(C(=O)OC(C)(C)C)C1C(C)C. The monoisotopic (exact) mass is 429 g/mol. The minimum absolute atomic E-state index is 0.0830. The van der Waals surface area contributed by atoms with Crippen molar-refractivity contribution in [2.75, 3.05) is 0 Å². The summed E-state index contributed by atoms with van der Waals surface area (Å²) in [6, 6.07) is 9.70. The van der Waals surface area contributed by atoms with Crippen molar-refractivity contribution in [3.8, 4) is 0 Å². The second-order valence-corrected chi connectivity index (χ2v) is 10.6. The van der Waals surface area contributed by atoms with Gasteiger partial charge in [0.25, 0.3) is 0 Å². The van der Waals surface area contributed by atoms with Crippen LogP contribution >= 0.6 is 0 Å². The topological polar surface area (TPSA) is 72.5 Å². The van der Waals surface area contributed by atoms with Gasteiger partial charge in [-0.25, -0.2) is 0 Å². The molecule has 0 heterocycles. The number of rotatable bonds is 8. The smallest absolute Gasteiger partial charge is 0.309 e. The minimum atomic E-state index is -0.607. The maximum Gasteiger partial charge on any atom is 0.309 e. The largest absolute Gasteiger partial charge is 0.460 e. The van der Waals surface area contributed by atoms with Gasteiger partial charge < -0.3 is 10.1 Å². The average molecular weight is 430 g/mol. The zero-order valence-electron chi connectivity index (χ0n) is 20.1. The molecular formula is C26H39NO4. The van der Waals surface area contributed by atoms with Gasteiger partial charge in [0.2, 0.25) is 5.91 Å². The summed E-state index contributed by atoms with van der Waals surface area (Å²) in [5.74, 6) is -1.70. The number of benzene rings is 1. The van der Waals surface area contributed by atoms with E-state index in [2.05, 4.69) is 5.32 Å². The summed E-state index contributed by atoms with van der Waals surface area (Å²) in [7, 11) is 0. The average Bonchev–Trinajstić information content (AvgIpc) is 3.06. The van der Waals surface area contributed by atoms with Crippen LogP contribution in [0.15, 0.2) is 30.3 Å². The van der Waals surface area contributed by atoms with E-state index in [0.717, 1.165) is 5.56 Å². The van der Waals surface area contributed by atoms with Crippen molar-refractivity contribution in [2.24, 2.45) is 35.5 Å². The third-order valence-electron chi connectivity index (χ3n) is 5.93. The molecule has 0 aliphatic heterocycles. The summed E-state index contributed by atoms with van der Waals surface area (Å²) >= 11 is 0. The molecule has 0 aromatic heterocycles. The van der Waals surface area contributed by atoms with E-state index in [4.69, 9.17) is 4.74 Å². The zero-order chi connectivity index (χ0) is 23.3. The number of ketones is 1. The maximum atomic E-state index is 13.3. The molecule has 1 N–H and O–H groups in total. The van der Waals surface area contributed by atoms with Crippen molar-refractivity contribution in [2.45, 2.75) is 73.5 Å². The summed E-state index contributed by atoms with van der Waals surface area (Å²) in [4.78, 5) is 39.6. The molecule has 31 heavy (non-hydrogen) atoms. The molecule has 1 aromatic carbocycles. The van der Waals surface area contributed by atoms with Crippen LogP contribution in [0.5, 0.6) is 0 Å². The summed E-state index contributed by atoms with van der Waals surface area (Å²) in [6.45, 7) is 14.0. The van der Waals surface area contributed by atoms with E-state index < -0.39 is 23.4 Å². The van der Waals surface area contributed by atoms with E-state index in [0.29, 0.717) is 19.4 Å².